The maximum atomic E-state index is 14.1. The Bertz CT molecular complexity index is 897. The molecule has 1 fully saturated rings. The molecule has 0 aliphatic heterocycles. The van der Waals surface area contributed by atoms with Crippen LogP contribution in [-0.2, 0) is 4.79 Å². The number of thiazole rings is 1. The predicted molar refractivity (Wildman–Crippen MR) is 99.9 cm³/mol. The van der Waals surface area contributed by atoms with Crippen LogP contribution in [0.3, 0.4) is 0 Å². The summed E-state index contributed by atoms with van der Waals surface area (Å²) in [6, 6.07) is 12.8. The zero-order valence-electron chi connectivity index (χ0n) is 14.0. The molecular formula is C20H19FN2OS. The van der Waals surface area contributed by atoms with Crippen LogP contribution in [0.4, 0.5) is 15.2 Å². The molecule has 25 heavy (non-hydrogen) atoms. The van der Waals surface area contributed by atoms with E-state index in [4.69, 9.17) is 0 Å². The second-order valence-corrected chi connectivity index (χ2v) is 7.56. The molecule has 0 spiro atoms. The van der Waals surface area contributed by atoms with Gasteiger partial charge in [0.15, 0.2) is 5.13 Å². The zero-order valence-corrected chi connectivity index (χ0v) is 14.9. The van der Waals surface area contributed by atoms with Crippen molar-refractivity contribution in [2.45, 2.75) is 32.6 Å². The summed E-state index contributed by atoms with van der Waals surface area (Å²) in [7, 11) is 0. The summed E-state index contributed by atoms with van der Waals surface area (Å²) in [6.07, 6.45) is 3.95. The van der Waals surface area contributed by atoms with E-state index in [9.17, 15) is 9.18 Å². The molecule has 1 heterocycles. The van der Waals surface area contributed by atoms with Gasteiger partial charge >= 0.3 is 0 Å². The van der Waals surface area contributed by atoms with Crippen LogP contribution in [0.1, 0.15) is 31.2 Å². The highest BCUT2D eigenvalue weighted by Crippen LogP contribution is 2.37. The first-order chi connectivity index (χ1) is 12.1. The van der Waals surface area contributed by atoms with Gasteiger partial charge in [0.1, 0.15) is 5.82 Å². The highest BCUT2D eigenvalue weighted by atomic mass is 32.1. The molecule has 1 aromatic heterocycles. The number of benzene rings is 2. The monoisotopic (exact) mass is 354 g/mol. The van der Waals surface area contributed by atoms with Crippen molar-refractivity contribution in [1.29, 1.82) is 0 Å². The van der Waals surface area contributed by atoms with Crippen molar-refractivity contribution in [1.82, 2.24) is 4.98 Å². The molecule has 0 saturated heterocycles. The lowest BCUT2D eigenvalue weighted by Crippen LogP contribution is -2.31. The number of aryl methyl sites for hydroxylation is 1. The van der Waals surface area contributed by atoms with Crippen LogP contribution in [0, 0.1) is 18.7 Å². The molecule has 1 amide bonds. The molecule has 4 rings (SSSR count). The molecule has 2 aromatic carbocycles. The Kier molecular flexibility index (Phi) is 4.25. The average molecular weight is 354 g/mol. The molecule has 3 aromatic rings. The number of hydrogen-bond donors (Lipinski definition) is 0. The maximum absolute atomic E-state index is 14.1. The van der Waals surface area contributed by atoms with E-state index in [1.165, 1.54) is 17.4 Å². The molecule has 0 unspecified atom stereocenters. The van der Waals surface area contributed by atoms with Gasteiger partial charge in [0.05, 0.1) is 15.9 Å². The SMILES string of the molecule is Cc1ccc(N(C(=O)C2CCCC2)c2nc3ccccc3s2)cc1F. The van der Waals surface area contributed by atoms with E-state index in [1.54, 1.807) is 24.0 Å². The number of rotatable bonds is 3. The summed E-state index contributed by atoms with van der Waals surface area (Å²) >= 11 is 1.47. The first kappa shape index (κ1) is 16.2. The van der Waals surface area contributed by atoms with Crippen LogP contribution >= 0.6 is 11.3 Å². The van der Waals surface area contributed by atoms with Crippen LogP contribution in [0.25, 0.3) is 10.2 Å². The van der Waals surface area contributed by atoms with Gasteiger partial charge in [0.25, 0.3) is 0 Å². The van der Waals surface area contributed by atoms with Gasteiger partial charge in [-0.2, -0.15) is 0 Å². The fourth-order valence-electron chi connectivity index (χ4n) is 3.36. The fraction of sp³-hybridized carbons (Fsp3) is 0.300. The van der Waals surface area contributed by atoms with Crippen LogP contribution in [0.15, 0.2) is 42.5 Å². The summed E-state index contributed by atoms with van der Waals surface area (Å²) in [6.45, 7) is 1.72. The Morgan fingerprint density at radius 3 is 2.68 bits per heavy atom. The van der Waals surface area contributed by atoms with Crippen LogP contribution in [0.2, 0.25) is 0 Å². The van der Waals surface area contributed by atoms with Gasteiger partial charge in [-0.15, -0.1) is 0 Å². The van der Waals surface area contributed by atoms with Crippen LogP contribution < -0.4 is 4.90 Å². The molecule has 0 radical (unpaired) electrons. The number of halogens is 1. The lowest BCUT2D eigenvalue weighted by molar-refractivity contribution is -0.121. The standard InChI is InChI=1S/C20H19FN2OS/c1-13-10-11-15(12-16(13)21)23(19(24)14-6-2-3-7-14)20-22-17-8-4-5-9-18(17)25-20/h4-5,8-12,14H,2-3,6-7H2,1H3. The molecule has 0 N–H and O–H groups in total. The number of fused-ring (bicyclic) bond motifs is 1. The number of carbonyl (C=O) groups is 1. The third kappa shape index (κ3) is 3.04. The number of nitrogens with zero attached hydrogens (tertiary/aromatic N) is 2. The number of aromatic nitrogens is 1. The average Bonchev–Trinajstić information content (AvgIpc) is 3.27. The molecule has 128 valence electrons. The van der Waals surface area contributed by atoms with Gasteiger partial charge in [-0.1, -0.05) is 42.4 Å². The number of carbonyl (C=O) groups excluding carboxylic acids is 1. The third-order valence-corrected chi connectivity index (χ3v) is 5.83. The largest absolute Gasteiger partial charge is 0.274 e. The smallest absolute Gasteiger partial charge is 0.236 e. The highest BCUT2D eigenvalue weighted by Gasteiger charge is 2.31. The second-order valence-electron chi connectivity index (χ2n) is 6.55. The van der Waals surface area contributed by atoms with Crippen molar-refractivity contribution < 1.29 is 9.18 Å². The summed E-state index contributed by atoms with van der Waals surface area (Å²) < 4.78 is 15.2. The lowest BCUT2D eigenvalue weighted by atomic mass is 10.1. The molecule has 3 nitrogen and oxygen atoms in total. The predicted octanol–water partition coefficient (Wildman–Crippen LogP) is 5.60. The highest BCUT2D eigenvalue weighted by molar-refractivity contribution is 7.22. The van der Waals surface area contributed by atoms with Gasteiger partial charge in [-0.3, -0.25) is 9.69 Å². The van der Waals surface area contributed by atoms with Crippen LogP contribution in [-0.4, -0.2) is 10.9 Å². The Hall–Kier alpha value is -2.27. The van der Waals surface area contributed by atoms with Gasteiger partial charge in [0, 0.05) is 5.92 Å². The van der Waals surface area contributed by atoms with Crippen molar-refractivity contribution >= 4 is 38.3 Å². The number of para-hydroxylation sites is 1. The van der Waals surface area contributed by atoms with Gasteiger partial charge in [-0.05, 0) is 49.6 Å². The van der Waals surface area contributed by atoms with E-state index in [1.807, 2.05) is 24.3 Å². The Morgan fingerprint density at radius 1 is 1.20 bits per heavy atom. The minimum absolute atomic E-state index is 0.00336. The molecule has 0 bridgehead atoms. The fourth-order valence-corrected chi connectivity index (χ4v) is 4.36. The molecule has 5 heteroatoms. The van der Waals surface area contributed by atoms with E-state index in [0.717, 1.165) is 35.9 Å². The van der Waals surface area contributed by atoms with E-state index >= 15 is 0 Å². The second kappa shape index (κ2) is 6.56. The van der Waals surface area contributed by atoms with Crippen molar-refractivity contribution in [3.63, 3.8) is 0 Å². The van der Waals surface area contributed by atoms with Gasteiger partial charge in [-0.25, -0.2) is 9.37 Å². The van der Waals surface area contributed by atoms with Crippen molar-refractivity contribution in [3.8, 4) is 0 Å². The Labute approximate surface area is 150 Å². The molecular weight excluding hydrogens is 335 g/mol. The number of amides is 1. The van der Waals surface area contributed by atoms with Gasteiger partial charge < -0.3 is 0 Å². The third-order valence-electron chi connectivity index (χ3n) is 4.81. The van der Waals surface area contributed by atoms with Crippen LogP contribution in [0.5, 0.6) is 0 Å². The van der Waals surface area contributed by atoms with Crippen molar-refractivity contribution in [3.05, 3.63) is 53.8 Å². The minimum Gasteiger partial charge on any atom is -0.274 e. The van der Waals surface area contributed by atoms with Crippen molar-refractivity contribution in [2.75, 3.05) is 4.90 Å². The summed E-state index contributed by atoms with van der Waals surface area (Å²) in [5, 5.41) is 0.612. The van der Waals surface area contributed by atoms with E-state index in [0.29, 0.717) is 16.4 Å². The molecule has 1 aliphatic carbocycles. The number of anilines is 2. The topological polar surface area (TPSA) is 33.2 Å². The first-order valence-electron chi connectivity index (χ1n) is 8.59. The first-order valence-corrected chi connectivity index (χ1v) is 9.41. The normalized spacial score (nSPS) is 15.0. The Morgan fingerprint density at radius 2 is 1.96 bits per heavy atom. The molecule has 1 saturated carbocycles. The van der Waals surface area contributed by atoms with Gasteiger partial charge in [0.2, 0.25) is 5.91 Å². The summed E-state index contributed by atoms with van der Waals surface area (Å²) in [5.41, 5.74) is 1.99. The molecule has 1 aliphatic rings. The number of hydrogen-bond acceptors (Lipinski definition) is 3. The maximum Gasteiger partial charge on any atom is 0.236 e. The van der Waals surface area contributed by atoms with E-state index in [2.05, 4.69) is 4.98 Å². The summed E-state index contributed by atoms with van der Waals surface area (Å²) in [4.78, 5) is 19.4. The van der Waals surface area contributed by atoms with Crippen molar-refractivity contribution in [2.24, 2.45) is 5.92 Å². The lowest BCUT2D eigenvalue weighted by Gasteiger charge is -2.23. The zero-order chi connectivity index (χ0) is 17.4. The summed E-state index contributed by atoms with van der Waals surface area (Å²) in [5.74, 6) is -0.279. The molecule has 0 atom stereocenters. The quantitative estimate of drug-likeness (QED) is 0.613. The van der Waals surface area contributed by atoms with E-state index < -0.39 is 0 Å². The van der Waals surface area contributed by atoms with E-state index in [-0.39, 0.29) is 17.6 Å². The Balaban J connectivity index is 1.82. The minimum atomic E-state index is -0.303.